The summed E-state index contributed by atoms with van der Waals surface area (Å²) in [4.78, 5) is 0. The summed E-state index contributed by atoms with van der Waals surface area (Å²) in [7, 11) is 0. The first kappa shape index (κ1) is 46.1. The highest BCUT2D eigenvalue weighted by molar-refractivity contribution is 5.28. The Balaban J connectivity index is -0.0000000748. The average molecular weight is 485 g/mol. The second-order valence-corrected chi connectivity index (χ2v) is 5.90. The van der Waals surface area contributed by atoms with Crippen molar-refractivity contribution in [1.82, 2.24) is 0 Å². The van der Waals surface area contributed by atoms with Gasteiger partial charge in [-0.1, -0.05) is 179 Å². The molecule has 204 valence electrons. The van der Waals surface area contributed by atoms with Gasteiger partial charge in [-0.15, -0.1) is 0 Å². The molecule has 0 N–H and O–H groups in total. The third-order valence-electron chi connectivity index (χ3n) is 3.50. The molecule has 3 aromatic rings. The van der Waals surface area contributed by atoms with Gasteiger partial charge < -0.3 is 0 Å². The number of aryl methyl sites for hydroxylation is 5. The first-order valence-corrected chi connectivity index (χ1v) is 14.1. The molecule has 0 unspecified atom stereocenters. The van der Waals surface area contributed by atoms with Crippen molar-refractivity contribution in [2.45, 2.75) is 118 Å². The molecule has 0 heteroatoms. The van der Waals surface area contributed by atoms with E-state index in [2.05, 4.69) is 77.1 Å². The summed E-state index contributed by atoms with van der Waals surface area (Å²) in [6, 6.07) is 27.0. The minimum atomic E-state index is 1.34. The second-order valence-electron chi connectivity index (χ2n) is 5.90. The fraction of sp³-hybridized carbons (Fsp3) is 0.486. The first-order chi connectivity index (χ1) is 17.0. The molecule has 0 amide bonds. The van der Waals surface area contributed by atoms with Crippen molar-refractivity contribution in [1.29, 1.82) is 0 Å². The van der Waals surface area contributed by atoms with Crippen LogP contribution in [0.3, 0.4) is 0 Å². The van der Waals surface area contributed by atoms with Gasteiger partial charge in [0.15, 0.2) is 0 Å². The lowest BCUT2D eigenvalue weighted by Gasteiger charge is -1.98. The number of hydrogen-bond donors (Lipinski definition) is 0. The summed E-state index contributed by atoms with van der Waals surface area (Å²) in [5.74, 6) is 0. The van der Waals surface area contributed by atoms with Crippen LogP contribution >= 0.6 is 0 Å². The Bertz CT molecular complexity index is 637. The SMILES string of the molecule is CC.CC.CC.CC.CC.CC.Cc1ccc(C)c(C)c1.Cc1cccc(C)c1.c1ccccc1. The van der Waals surface area contributed by atoms with Gasteiger partial charge in [0.25, 0.3) is 0 Å². The molecule has 0 radical (unpaired) electrons. The number of rotatable bonds is 0. The Hall–Kier alpha value is -2.34. The van der Waals surface area contributed by atoms with E-state index in [0.29, 0.717) is 0 Å². The molecule has 0 aliphatic carbocycles. The predicted octanol–water partition coefficient (Wildman–Crippen LogP) is 12.8. The second kappa shape index (κ2) is 45.2. The molecule has 0 nitrogen and oxygen atoms in total. The van der Waals surface area contributed by atoms with E-state index in [9.17, 15) is 0 Å². The molecule has 0 fully saturated rings. The Morgan fingerprint density at radius 2 is 0.571 bits per heavy atom. The maximum atomic E-state index is 2.20. The maximum absolute atomic E-state index is 2.20. The Morgan fingerprint density at radius 3 is 0.771 bits per heavy atom. The zero-order chi connectivity index (χ0) is 29.1. The van der Waals surface area contributed by atoms with Crippen molar-refractivity contribution in [3.63, 3.8) is 0 Å². The van der Waals surface area contributed by atoms with Crippen LogP contribution in [0, 0.1) is 34.6 Å². The zero-order valence-corrected chi connectivity index (χ0v) is 27.0. The lowest BCUT2D eigenvalue weighted by Crippen LogP contribution is -1.79. The third-order valence-corrected chi connectivity index (χ3v) is 3.50. The Labute approximate surface area is 224 Å². The fourth-order valence-corrected chi connectivity index (χ4v) is 2.08. The monoisotopic (exact) mass is 485 g/mol. The van der Waals surface area contributed by atoms with E-state index in [-0.39, 0.29) is 0 Å². The van der Waals surface area contributed by atoms with Gasteiger partial charge in [0.1, 0.15) is 0 Å². The molecule has 0 atom stereocenters. The van der Waals surface area contributed by atoms with E-state index >= 15 is 0 Å². The summed E-state index contributed by atoms with van der Waals surface area (Å²) < 4.78 is 0. The molecule has 0 saturated heterocycles. The van der Waals surface area contributed by atoms with Crippen LogP contribution in [0.5, 0.6) is 0 Å². The van der Waals surface area contributed by atoms with E-state index < -0.39 is 0 Å². The lowest BCUT2D eigenvalue weighted by molar-refractivity contribution is 1.30. The molecule has 0 bridgehead atoms. The molecule has 0 aliphatic heterocycles. The van der Waals surface area contributed by atoms with Gasteiger partial charge in [-0.3, -0.25) is 0 Å². The highest BCUT2D eigenvalue weighted by atomic mass is 13.9. The zero-order valence-electron chi connectivity index (χ0n) is 27.0. The van der Waals surface area contributed by atoms with Gasteiger partial charge in [0.05, 0.1) is 0 Å². The third kappa shape index (κ3) is 39.2. The van der Waals surface area contributed by atoms with Crippen LogP contribution < -0.4 is 0 Å². The molecule has 0 aromatic heterocycles. The van der Waals surface area contributed by atoms with Crippen molar-refractivity contribution in [2.24, 2.45) is 0 Å². The molecule has 35 heavy (non-hydrogen) atoms. The predicted molar refractivity (Wildman–Crippen MR) is 171 cm³/mol. The minimum Gasteiger partial charge on any atom is -0.0683 e. The van der Waals surface area contributed by atoms with Crippen LogP contribution in [0.2, 0.25) is 0 Å². The van der Waals surface area contributed by atoms with Gasteiger partial charge >= 0.3 is 0 Å². The first-order valence-electron chi connectivity index (χ1n) is 14.1. The standard InChI is InChI=1S/C9H12.C8H10.C6H6.6C2H6/c1-7-4-5-8(2)9(3)6-7;1-7-4-3-5-8(2)6-7;1-2-4-6-5-3-1;6*1-2/h4-6H,1-3H3;3-6H,1-2H3;1-6H;6*1-2H3. The molecular formula is C35H64. The van der Waals surface area contributed by atoms with E-state index in [0.717, 1.165) is 0 Å². The van der Waals surface area contributed by atoms with Gasteiger partial charge in [0.2, 0.25) is 0 Å². The van der Waals surface area contributed by atoms with Crippen LogP contribution in [-0.4, -0.2) is 0 Å². The van der Waals surface area contributed by atoms with Crippen LogP contribution in [0.4, 0.5) is 0 Å². The van der Waals surface area contributed by atoms with Crippen LogP contribution in [0.25, 0.3) is 0 Å². The fourth-order valence-electron chi connectivity index (χ4n) is 2.08. The lowest BCUT2D eigenvalue weighted by atomic mass is 10.1. The van der Waals surface area contributed by atoms with E-state index in [1.54, 1.807) is 0 Å². The largest absolute Gasteiger partial charge is 0.0683 e. The molecule has 3 aromatic carbocycles. The molecule has 0 saturated carbocycles. The van der Waals surface area contributed by atoms with Crippen LogP contribution in [-0.2, 0) is 0 Å². The number of hydrogen-bond acceptors (Lipinski definition) is 0. The highest BCUT2D eigenvalue weighted by Crippen LogP contribution is 2.07. The van der Waals surface area contributed by atoms with Crippen molar-refractivity contribution in [2.75, 3.05) is 0 Å². The Kier molecular flexibility index (Phi) is 59.5. The maximum Gasteiger partial charge on any atom is -0.0395 e. The van der Waals surface area contributed by atoms with Gasteiger partial charge in [-0.05, 0) is 45.7 Å². The van der Waals surface area contributed by atoms with E-state index in [1.165, 1.54) is 27.8 Å². The molecule has 0 heterocycles. The summed E-state index contributed by atoms with van der Waals surface area (Å²) >= 11 is 0. The minimum absolute atomic E-state index is 1.34. The van der Waals surface area contributed by atoms with Crippen LogP contribution in [0.1, 0.15) is 111 Å². The van der Waals surface area contributed by atoms with Crippen LogP contribution in [0.15, 0.2) is 78.9 Å². The molecule has 0 spiro atoms. The molecular weight excluding hydrogens is 420 g/mol. The summed E-state index contributed by atoms with van der Waals surface area (Å²) in [6.45, 7) is 34.6. The topological polar surface area (TPSA) is 0 Å². The van der Waals surface area contributed by atoms with Crippen molar-refractivity contribution < 1.29 is 0 Å². The number of benzene rings is 3. The van der Waals surface area contributed by atoms with Crippen molar-refractivity contribution >= 4 is 0 Å². The van der Waals surface area contributed by atoms with Gasteiger partial charge in [0, 0.05) is 0 Å². The van der Waals surface area contributed by atoms with Crippen molar-refractivity contribution in [3.05, 3.63) is 107 Å². The summed E-state index contributed by atoms with van der Waals surface area (Å²) in [5, 5.41) is 0. The van der Waals surface area contributed by atoms with E-state index in [4.69, 9.17) is 0 Å². The summed E-state index contributed by atoms with van der Waals surface area (Å²) in [6.07, 6.45) is 0. The smallest absolute Gasteiger partial charge is 0.0395 e. The van der Waals surface area contributed by atoms with Crippen molar-refractivity contribution in [3.8, 4) is 0 Å². The van der Waals surface area contributed by atoms with E-state index in [1.807, 2.05) is 119 Å². The average Bonchev–Trinajstić information content (AvgIpc) is 2.95. The molecule has 3 rings (SSSR count). The quantitative estimate of drug-likeness (QED) is 0.297. The Morgan fingerprint density at radius 1 is 0.286 bits per heavy atom. The summed E-state index contributed by atoms with van der Waals surface area (Å²) in [5.41, 5.74) is 6.78. The molecule has 0 aliphatic rings. The normalized spacial score (nSPS) is 7.00. The van der Waals surface area contributed by atoms with Gasteiger partial charge in [-0.25, -0.2) is 0 Å². The highest BCUT2D eigenvalue weighted by Gasteiger charge is 1.89. The van der Waals surface area contributed by atoms with Gasteiger partial charge in [-0.2, -0.15) is 0 Å².